The van der Waals surface area contributed by atoms with Crippen LogP contribution in [0.1, 0.15) is 386 Å². The molecule has 0 amide bonds. The van der Waals surface area contributed by atoms with E-state index in [0.29, 0.717) is 17.4 Å². The van der Waals surface area contributed by atoms with Crippen LogP contribution in [-0.4, -0.2) is 70.0 Å². The molecule has 0 saturated carbocycles. The van der Waals surface area contributed by atoms with Crippen molar-refractivity contribution in [3.63, 3.8) is 0 Å². The van der Waals surface area contributed by atoms with Crippen molar-refractivity contribution in [2.45, 2.75) is 392 Å². The number of unbranched alkanes of at least 4 members (excludes halogenated alkanes) is 48. The Labute approximate surface area is 571 Å². The number of esters is 2. The van der Waals surface area contributed by atoms with Crippen LogP contribution in [0.25, 0.3) is 0 Å². The lowest BCUT2D eigenvalue weighted by molar-refractivity contribution is -0.870. The molecule has 0 heterocycles. The molecule has 9 nitrogen and oxygen atoms in total. The lowest BCUT2D eigenvalue weighted by Crippen LogP contribution is -2.37. The third kappa shape index (κ3) is 76.5. The summed E-state index contributed by atoms with van der Waals surface area (Å²) < 4.78 is 34.4. The van der Waals surface area contributed by atoms with Crippen LogP contribution in [0.5, 0.6) is 0 Å². The van der Waals surface area contributed by atoms with Gasteiger partial charge in [0.05, 0.1) is 27.7 Å². The summed E-state index contributed by atoms with van der Waals surface area (Å²) >= 11 is 0. The highest BCUT2D eigenvalue weighted by atomic mass is 31.2. The number of phosphoric acid groups is 1. The molecule has 0 aromatic rings. The molecule has 0 aliphatic rings. The fraction of sp³-hybridized carbons (Fsp3) is 0.829. The van der Waals surface area contributed by atoms with Crippen molar-refractivity contribution in [2.24, 2.45) is 0 Å². The molecule has 0 aliphatic heterocycles. The van der Waals surface area contributed by atoms with Gasteiger partial charge in [-0.05, 0) is 89.9 Å². The van der Waals surface area contributed by atoms with Gasteiger partial charge in [-0.3, -0.25) is 14.2 Å². The van der Waals surface area contributed by atoms with E-state index in [1.165, 1.54) is 295 Å². The monoisotopic (exact) mass is 1310 g/mol. The minimum Gasteiger partial charge on any atom is -0.756 e. The van der Waals surface area contributed by atoms with E-state index < -0.39 is 26.5 Å². The Morgan fingerprint density at radius 1 is 0.337 bits per heavy atom. The van der Waals surface area contributed by atoms with Crippen LogP contribution >= 0.6 is 7.82 Å². The van der Waals surface area contributed by atoms with Crippen LogP contribution in [0.2, 0.25) is 0 Å². The highest BCUT2D eigenvalue weighted by Gasteiger charge is 2.22. The molecule has 2 unspecified atom stereocenters. The number of rotatable bonds is 74. The van der Waals surface area contributed by atoms with Crippen LogP contribution in [0.3, 0.4) is 0 Å². The third-order valence-electron chi connectivity index (χ3n) is 17.7. The molecule has 0 saturated heterocycles. The average Bonchev–Trinajstić information content (AvgIpc) is 2.14. The predicted octanol–water partition coefficient (Wildman–Crippen LogP) is 25.7. The third-order valence-corrected chi connectivity index (χ3v) is 18.7. The first-order chi connectivity index (χ1) is 45.0. The first-order valence-corrected chi connectivity index (χ1v) is 41.1. The number of nitrogens with zero attached hydrogens (tertiary/aromatic N) is 1. The van der Waals surface area contributed by atoms with E-state index >= 15 is 0 Å². The van der Waals surface area contributed by atoms with Crippen LogP contribution in [0.15, 0.2) is 72.9 Å². The Morgan fingerprint density at radius 3 is 0.870 bits per heavy atom. The fourth-order valence-electron chi connectivity index (χ4n) is 11.6. The summed E-state index contributed by atoms with van der Waals surface area (Å²) in [7, 11) is 1.18. The summed E-state index contributed by atoms with van der Waals surface area (Å²) in [5.74, 6) is -0.816. The zero-order chi connectivity index (χ0) is 66.9. The molecule has 0 rings (SSSR count). The molecule has 538 valence electrons. The number of hydrogen-bond donors (Lipinski definition) is 0. The van der Waals surface area contributed by atoms with Gasteiger partial charge >= 0.3 is 11.9 Å². The Bertz CT molecular complexity index is 1780. The van der Waals surface area contributed by atoms with Gasteiger partial charge in [-0.25, -0.2) is 0 Å². The van der Waals surface area contributed by atoms with Crippen molar-refractivity contribution in [1.29, 1.82) is 0 Å². The molecule has 0 N–H and O–H groups in total. The lowest BCUT2D eigenvalue weighted by Gasteiger charge is -2.28. The summed E-state index contributed by atoms with van der Waals surface area (Å²) in [5, 5.41) is 0. The number of hydrogen-bond acceptors (Lipinski definition) is 8. The van der Waals surface area contributed by atoms with Gasteiger partial charge in [-0.1, -0.05) is 356 Å². The first kappa shape index (κ1) is 89.5. The maximum absolute atomic E-state index is 12.9. The van der Waals surface area contributed by atoms with Crippen molar-refractivity contribution in [1.82, 2.24) is 0 Å². The van der Waals surface area contributed by atoms with Crippen molar-refractivity contribution < 1.29 is 42.1 Å². The van der Waals surface area contributed by atoms with E-state index in [9.17, 15) is 19.0 Å². The zero-order valence-corrected chi connectivity index (χ0v) is 62.4. The van der Waals surface area contributed by atoms with Gasteiger partial charge in [0.1, 0.15) is 19.8 Å². The van der Waals surface area contributed by atoms with Gasteiger partial charge in [-0.15, -0.1) is 0 Å². The Morgan fingerprint density at radius 2 is 0.587 bits per heavy atom. The fourth-order valence-corrected chi connectivity index (χ4v) is 12.3. The molecule has 0 bridgehead atoms. The van der Waals surface area contributed by atoms with E-state index in [1.54, 1.807) is 0 Å². The van der Waals surface area contributed by atoms with Gasteiger partial charge in [-0.2, -0.15) is 0 Å². The molecule has 92 heavy (non-hydrogen) atoms. The van der Waals surface area contributed by atoms with E-state index in [1.807, 2.05) is 21.1 Å². The minimum atomic E-state index is -4.65. The van der Waals surface area contributed by atoms with Crippen molar-refractivity contribution >= 4 is 19.8 Å². The number of phosphoric ester groups is 1. The quantitative estimate of drug-likeness (QED) is 0.0195. The number of carbonyl (C=O) groups excluding carboxylic acids is 2. The molecule has 0 aromatic carbocycles. The number of allylic oxidation sites excluding steroid dienone is 12. The standard InChI is InChI=1S/C82H152NO8P/c1-6-8-10-12-14-16-18-20-22-24-26-28-30-32-34-36-37-38-39-40-41-42-43-44-45-47-49-51-53-55-57-59-61-63-65-67-69-71-73-75-82(85)91-80(79-90-92(86,87)89-77-76-83(3,4)5)78-88-81(84)74-72-70-68-66-64-62-60-58-56-54-52-50-48-46-35-33-31-29-27-25-23-21-19-17-15-13-11-9-7-2/h18-21,24-27,30-33,80H,6-17,22-23,28-29,34-79H2,1-5H3/b20-18-,21-19-,26-24-,27-25-,32-30-,33-31-. The first-order valence-electron chi connectivity index (χ1n) is 39.6. The van der Waals surface area contributed by atoms with Gasteiger partial charge in [0.25, 0.3) is 7.82 Å². The minimum absolute atomic E-state index is 0.0302. The van der Waals surface area contributed by atoms with Crippen LogP contribution in [0.4, 0.5) is 0 Å². The van der Waals surface area contributed by atoms with E-state index in [-0.39, 0.29) is 32.0 Å². The van der Waals surface area contributed by atoms with E-state index in [4.69, 9.17) is 18.5 Å². The zero-order valence-electron chi connectivity index (χ0n) is 61.5. The average molecular weight is 1310 g/mol. The highest BCUT2D eigenvalue weighted by molar-refractivity contribution is 7.45. The second-order valence-electron chi connectivity index (χ2n) is 28.1. The SMILES string of the molecule is CCCCCCC/C=C\C/C=C\C/C=C\CCCCCCCCCCCCCCCCCCCCCCCCCCC(=O)OC(COC(=O)CCCCCCCCCCCCCCCC/C=C\C/C=C\C/C=C\CCCCCCC)COP(=O)([O-])OCC[N+](C)(C)C. The number of likely N-dealkylation sites (N-methyl/N-ethyl adjacent to an activating group) is 1. The molecule has 0 aromatic heterocycles. The van der Waals surface area contributed by atoms with E-state index in [0.717, 1.165) is 57.8 Å². The largest absolute Gasteiger partial charge is 0.756 e. The molecular formula is C82H152NO8P. The van der Waals surface area contributed by atoms with Gasteiger partial charge < -0.3 is 27.9 Å². The number of quaternary nitrogens is 1. The number of carbonyl (C=O) groups is 2. The topological polar surface area (TPSA) is 111 Å². The molecule has 2 atom stereocenters. The molecule has 0 spiro atoms. The normalized spacial score (nSPS) is 13.4. The smallest absolute Gasteiger partial charge is 0.306 e. The van der Waals surface area contributed by atoms with Crippen LogP contribution < -0.4 is 4.89 Å². The summed E-state index contributed by atoms with van der Waals surface area (Å²) in [6.45, 7) is 4.27. The van der Waals surface area contributed by atoms with Crippen LogP contribution in [0, 0.1) is 0 Å². The maximum atomic E-state index is 12.9. The predicted molar refractivity (Wildman–Crippen MR) is 397 cm³/mol. The van der Waals surface area contributed by atoms with Gasteiger partial charge in [0.15, 0.2) is 6.10 Å². The second-order valence-corrected chi connectivity index (χ2v) is 29.5. The van der Waals surface area contributed by atoms with Crippen LogP contribution in [-0.2, 0) is 32.7 Å². The highest BCUT2D eigenvalue weighted by Crippen LogP contribution is 2.38. The number of ether oxygens (including phenoxy) is 2. The van der Waals surface area contributed by atoms with Gasteiger partial charge in [0.2, 0.25) is 0 Å². The van der Waals surface area contributed by atoms with Crippen molar-refractivity contribution in [3.8, 4) is 0 Å². The summed E-state index contributed by atoms with van der Waals surface area (Å²) in [6, 6.07) is 0. The summed E-state index contributed by atoms with van der Waals surface area (Å²) in [5.41, 5.74) is 0. The molecule has 10 heteroatoms. The Balaban J connectivity index is 3.93. The lowest BCUT2D eigenvalue weighted by atomic mass is 10.0. The summed E-state index contributed by atoms with van der Waals surface area (Å²) in [6.07, 6.45) is 98.8. The van der Waals surface area contributed by atoms with E-state index in [2.05, 4.69) is 86.8 Å². The molecular weight excluding hydrogens is 1160 g/mol. The second kappa shape index (κ2) is 72.7. The Hall–Kier alpha value is -2.55. The molecule has 0 aliphatic carbocycles. The Kier molecular flexibility index (Phi) is 70.7. The van der Waals surface area contributed by atoms with Gasteiger partial charge in [0, 0.05) is 12.8 Å². The maximum Gasteiger partial charge on any atom is 0.306 e. The summed E-state index contributed by atoms with van der Waals surface area (Å²) in [4.78, 5) is 38.2. The van der Waals surface area contributed by atoms with Crippen molar-refractivity contribution in [2.75, 3.05) is 47.5 Å². The molecule has 0 radical (unpaired) electrons. The molecule has 0 fully saturated rings. The van der Waals surface area contributed by atoms with Crippen molar-refractivity contribution in [3.05, 3.63) is 72.9 Å².